The maximum atomic E-state index is 12.6. The minimum absolute atomic E-state index is 0.0622. The Morgan fingerprint density at radius 2 is 1.88 bits per heavy atom. The van der Waals surface area contributed by atoms with Crippen LogP contribution >= 0.6 is 0 Å². The highest BCUT2D eigenvalue weighted by Gasteiger charge is 2.38. The second kappa shape index (κ2) is 6.93. The molecule has 2 N–H and O–H groups in total. The topological polar surface area (TPSA) is 75.6 Å². The Hall–Kier alpha value is -1.88. The van der Waals surface area contributed by atoms with Gasteiger partial charge in [0.05, 0.1) is 11.2 Å². The molecule has 24 heavy (non-hydrogen) atoms. The first-order chi connectivity index (χ1) is 11.5. The number of amides is 1. The zero-order valence-electron chi connectivity index (χ0n) is 14.1. The summed E-state index contributed by atoms with van der Waals surface area (Å²) in [7, 11) is 0. The van der Waals surface area contributed by atoms with Gasteiger partial charge >= 0.3 is 5.97 Å². The molecule has 1 amide bonds. The molecule has 1 aromatic rings. The molecule has 0 aromatic heterocycles. The van der Waals surface area contributed by atoms with Gasteiger partial charge in [0.25, 0.3) is 5.91 Å². The second-order valence-electron chi connectivity index (χ2n) is 7.15. The van der Waals surface area contributed by atoms with E-state index < -0.39 is 5.97 Å². The SMILES string of the molecule is Cc1cc(C(=O)O)cc(C(=O)NC2CCOC3(CCCCC3)C2)c1. The summed E-state index contributed by atoms with van der Waals surface area (Å²) in [6.07, 6.45) is 7.48. The normalized spacial score (nSPS) is 23.0. The molecule has 1 unspecified atom stereocenters. The number of hydrogen-bond acceptors (Lipinski definition) is 3. The van der Waals surface area contributed by atoms with Crippen LogP contribution in [0.5, 0.6) is 0 Å². The maximum Gasteiger partial charge on any atom is 0.335 e. The second-order valence-corrected chi connectivity index (χ2v) is 7.15. The summed E-state index contributed by atoms with van der Waals surface area (Å²) in [4.78, 5) is 23.7. The summed E-state index contributed by atoms with van der Waals surface area (Å²) in [5, 5.41) is 12.2. The van der Waals surface area contributed by atoms with Crippen molar-refractivity contribution in [2.24, 2.45) is 0 Å². The summed E-state index contributed by atoms with van der Waals surface area (Å²) in [5.74, 6) is -1.21. The summed E-state index contributed by atoms with van der Waals surface area (Å²) in [6, 6.07) is 4.85. The molecule has 3 rings (SSSR count). The highest BCUT2D eigenvalue weighted by molar-refractivity contribution is 5.98. The minimum atomic E-state index is -1.01. The van der Waals surface area contributed by atoms with Crippen molar-refractivity contribution in [2.45, 2.75) is 63.5 Å². The van der Waals surface area contributed by atoms with Gasteiger partial charge in [-0.1, -0.05) is 19.3 Å². The number of aromatic carboxylic acids is 1. The number of aryl methyl sites for hydroxylation is 1. The average Bonchev–Trinajstić information content (AvgIpc) is 2.55. The highest BCUT2D eigenvalue weighted by atomic mass is 16.5. The van der Waals surface area contributed by atoms with Crippen LogP contribution in [0.3, 0.4) is 0 Å². The van der Waals surface area contributed by atoms with E-state index in [1.165, 1.54) is 25.3 Å². The molecule has 1 saturated heterocycles. The molecule has 1 atom stereocenters. The van der Waals surface area contributed by atoms with E-state index in [-0.39, 0.29) is 23.1 Å². The number of carboxylic acids is 1. The van der Waals surface area contributed by atoms with E-state index in [1.54, 1.807) is 19.1 Å². The van der Waals surface area contributed by atoms with Crippen LogP contribution in [0.25, 0.3) is 0 Å². The highest BCUT2D eigenvalue weighted by Crippen LogP contribution is 2.38. The average molecular weight is 331 g/mol. The van der Waals surface area contributed by atoms with E-state index in [0.717, 1.165) is 31.2 Å². The van der Waals surface area contributed by atoms with E-state index >= 15 is 0 Å². The van der Waals surface area contributed by atoms with E-state index in [0.29, 0.717) is 12.2 Å². The van der Waals surface area contributed by atoms with Crippen molar-refractivity contribution in [2.75, 3.05) is 6.61 Å². The van der Waals surface area contributed by atoms with Crippen molar-refractivity contribution in [1.82, 2.24) is 5.32 Å². The first kappa shape index (κ1) is 17.0. The molecule has 1 spiro atoms. The molecule has 1 heterocycles. The van der Waals surface area contributed by atoms with Crippen LogP contribution in [0.15, 0.2) is 18.2 Å². The smallest absolute Gasteiger partial charge is 0.335 e. The fourth-order valence-corrected chi connectivity index (χ4v) is 4.00. The molecule has 5 heteroatoms. The van der Waals surface area contributed by atoms with Crippen LogP contribution in [-0.4, -0.2) is 35.2 Å². The summed E-state index contributed by atoms with van der Waals surface area (Å²) in [5.41, 5.74) is 1.27. The van der Waals surface area contributed by atoms with Crippen molar-refractivity contribution in [1.29, 1.82) is 0 Å². The number of ether oxygens (including phenoxy) is 1. The molecule has 1 aliphatic carbocycles. The van der Waals surface area contributed by atoms with Gasteiger partial charge in [0.2, 0.25) is 0 Å². The standard InChI is InChI=1S/C19H25NO4/c1-13-9-14(11-15(10-13)18(22)23)17(21)20-16-5-8-24-19(12-16)6-3-2-4-7-19/h9-11,16H,2-8,12H2,1H3,(H,20,21)(H,22,23). The zero-order valence-corrected chi connectivity index (χ0v) is 14.1. The van der Waals surface area contributed by atoms with Gasteiger partial charge in [0, 0.05) is 18.2 Å². The van der Waals surface area contributed by atoms with Gasteiger partial charge in [-0.15, -0.1) is 0 Å². The van der Waals surface area contributed by atoms with E-state index in [2.05, 4.69) is 5.32 Å². The van der Waals surface area contributed by atoms with E-state index in [1.807, 2.05) is 0 Å². The Morgan fingerprint density at radius 3 is 2.58 bits per heavy atom. The number of carboxylic acid groups (broad SMARTS) is 1. The molecular weight excluding hydrogens is 306 g/mol. The van der Waals surface area contributed by atoms with Crippen LogP contribution in [-0.2, 0) is 4.74 Å². The molecule has 0 radical (unpaired) electrons. The van der Waals surface area contributed by atoms with Gasteiger partial charge in [-0.05, 0) is 56.4 Å². The van der Waals surface area contributed by atoms with Crippen LogP contribution in [0.4, 0.5) is 0 Å². The van der Waals surface area contributed by atoms with Gasteiger partial charge in [0.1, 0.15) is 0 Å². The van der Waals surface area contributed by atoms with Crippen LogP contribution < -0.4 is 5.32 Å². The number of nitrogens with one attached hydrogen (secondary N) is 1. The van der Waals surface area contributed by atoms with Crippen molar-refractivity contribution >= 4 is 11.9 Å². The lowest BCUT2D eigenvalue weighted by atomic mass is 9.78. The number of carbonyl (C=O) groups is 2. The predicted octanol–water partition coefficient (Wildman–Crippen LogP) is 3.30. The first-order valence-corrected chi connectivity index (χ1v) is 8.77. The Labute approximate surface area is 142 Å². The number of benzene rings is 1. The van der Waals surface area contributed by atoms with Gasteiger partial charge < -0.3 is 15.2 Å². The van der Waals surface area contributed by atoms with Gasteiger partial charge in [-0.2, -0.15) is 0 Å². The number of rotatable bonds is 3. The van der Waals surface area contributed by atoms with Crippen LogP contribution in [0.2, 0.25) is 0 Å². The van der Waals surface area contributed by atoms with Crippen molar-refractivity contribution in [3.63, 3.8) is 0 Å². The van der Waals surface area contributed by atoms with Gasteiger partial charge in [-0.25, -0.2) is 4.79 Å². The van der Waals surface area contributed by atoms with E-state index in [9.17, 15) is 9.59 Å². The van der Waals surface area contributed by atoms with Crippen molar-refractivity contribution in [3.05, 3.63) is 34.9 Å². The predicted molar refractivity (Wildman–Crippen MR) is 90.4 cm³/mol. The lowest BCUT2D eigenvalue weighted by Gasteiger charge is -2.43. The molecule has 0 bridgehead atoms. The van der Waals surface area contributed by atoms with Crippen molar-refractivity contribution < 1.29 is 19.4 Å². The van der Waals surface area contributed by atoms with Gasteiger partial charge in [0.15, 0.2) is 0 Å². The monoisotopic (exact) mass is 331 g/mol. The molecule has 1 aliphatic heterocycles. The quantitative estimate of drug-likeness (QED) is 0.891. The number of hydrogen-bond donors (Lipinski definition) is 2. The molecule has 2 aliphatic rings. The van der Waals surface area contributed by atoms with Crippen LogP contribution in [0, 0.1) is 6.92 Å². The largest absolute Gasteiger partial charge is 0.478 e. The summed E-state index contributed by atoms with van der Waals surface area (Å²) >= 11 is 0. The molecule has 1 saturated carbocycles. The fourth-order valence-electron chi connectivity index (χ4n) is 4.00. The Balaban J connectivity index is 1.69. The molecule has 130 valence electrons. The first-order valence-electron chi connectivity index (χ1n) is 8.77. The third-order valence-electron chi connectivity index (χ3n) is 5.18. The zero-order chi connectivity index (χ0) is 17.2. The Morgan fingerprint density at radius 1 is 1.17 bits per heavy atom. The third kappa shape index (κ3) is 3.78. The lowest BCUT2D eigenvalue weighted by molar-refractivity contribution is -0.107. The Kier molecular flexibility index (Phi) is 4.90. The van der Waals surface area contributed by atoms with Crippen molar-refractivity contribution in [3.8, 4) is 0 Å². The minimum Gasteiger partial charge on any atom is -0.478 e. The maximum absolute atomic E-state index is 12.6. The molecule has 2 fully saturated rings. The molecule has 5 nitrogen and oxygen atoms in total. The fraction of sp³-hybridized carbons (Fsp3) is 0.579. The van der Waals surface area contributed by atoms with Crippen LogP contribution in [0.1, 0.15) is 71.2 Å². The molecular formula is C19H25NO4. The van der Waals surface area contributed by atoms with Gasteiger partial charge in [-0.3, -0.25) is 4.79 Å². The summed E-state index contributed by atoms with van der Waals surface area (Å²) in [6.45, 7) is 2.48. The van der Waals surface area contributed by atoms with E-state index in [4.69, 9.17) is 9.84 Å². The third-order valence-corrected chi connectivity index (χ3v) is 5.18. The Bertz CT molecular complexity index is 629. The molecule has 1 aromatic carbocycles. The summed E-state index contributed by atoms with van der Waals surface area (Å²) < 4.78 is 6.06. The number of carbonyl (C=O) groups excluding carboxylic acids is 1. The lowest BCUT2D eigenvalue weighted by Crippen LogP contribution is -2.49.